The van der Waals surface area contributed by atoms with Crippen molar-refractivity contribution in [3.63, 3.8) is 0 Å². The summed E-state index contributed by atoms with van der Waals surface area (Å²) in [5, 5.41) is 2.76. The predicted molar refractivity (Wildman–Crippen MR) is 82.0 cm³/mol. The molecule has 116 valence electrons. The quantitative estimate of drug-likeness (QED) is 0.470. The lowest BCUT2D eigenvalue weighted by molar-refractivity contribution is -0.127. The highest BCUT2D eigenvalue weighted by Crippen LogP contribution is 2.13. The number of amides is 3. The molecule has 0 radical (unpaired) electrons. The summed E-state index contributed by atoms with van der Waals surface area (Å²) in [4.78, 5) is 25.1. The van der Waals surface area contributed by atoms with Crippen LogP contribution < -0.4 is 5.32 Å². The summed E-state index contributed by atoms with van der Waals surface area (Å²) in [5.74, 6) is 0.940. The summed E-state index contributed by atoms with van der Waals surface area (Å²) in [6, 6.07) is -0.576. The smallest absolute Gasteiger partial charge is 0.324 e. The van der Waals surface area contributed by atoms with E-state index >= 15 is 0 Å². The Morgan fingerprint density at radius 1 is 1.25 bits per heavy atom. The minimum Gasteiger partial charge on any atom is -0.381 e. The van der Waals surface area contributed by atoms with Crippen LogP contribution in [0.1, 0.15) is 39.0 Å². The van der Waals surface area contributed by atoms with E-state index in [1.165, 1.54) is 4.90 Å². The number of unbranched alkanes of at least 4 members (excludes halogenated alkanes) is 1. The molecule has 1 aliphatic rings. The molecule has 3 amide bonds. The van der Waals surface area contributed by atoms with Crippen molar-refractivity contribution in [2.75, 3.05) is 31.8 Å². The fourth-order valence-corrected chi connectivity index (χ4v) is 2.54. The zero-order valence-electron chi connectivity index (χ0n) is 12.5. The summed E-state index contributed by atoms with van der Waals surface area (Å²) < 4.78 is 5.44. The summed E-state index contributed by atoms with van der Waals surface area (Å²) in [6.45, 7) is 3.94. The van der Waals surface area contributed by atoms with Gasteiger partial charge in [-0.3, -0.25) is 9.69 Å². The number of carbonyl (C=O) groups excluding carboxylic acids is 2. The maximum atomic E-state index is 12.1. The first kappa shape index (κ1) is 17.3. The van der Waals surface area contributed by atoms with Crippen molar-refractivity contribution in [1.29, 1.82) is 0 Å². The van der Waals surface area contributed by atoms with Crippen LogP contribution in [-0.2, 0) is 9.53 Å². The Hall–Kier alpha value is -0.750. The van der Waals surface area contributed by atoms with Gasteiger partial charge in [0.05, 0.1) is 0 Å². The number of hydrogen-bond donors (Lipinski definition) is 1. The number of nitrogens with zero attached hydrogens (tertiary/aromatic N) is 1. The van der Waals surface area contributed by atoms with Crippen molar-refractivity contribution in [2.24, 2.45) is 0 Å². The average molecular weight is 302 g/mol. The van der Waals surface area contributed by atoms with E-state index in [4.69, 9.17) is 4.74 Å². The number of nitrogens with one attached hydrogen (secondary N) is 1. The second-order valence-electron chi connectivity index (χ2n) is 4.95. The first-order valence-corrected chi connectivity index (χ1v) is 8.78. The van der Waals surface area contributed by atoms with Gasteiger partial charge in [-0.05, 0) is 37.7 Å². The molecule has 5 nitrogen and oxygen atoms in total. The number of thioether (sulfide) groups is 1. The molecule has 1 N–H and O–H groups in total. The molecule has 1 saturated heterocycles. The molecular weight excluding hydrogens is 276 g/mol. The van der Waals surface area contributed by atoms with Gasteiger partial charge in [-0.2, -0.15) is 11.8 Å². The second kappa shape index (κ2) is 10.0. The standard InChI is InChI=1S/C14H26N2O3S/c1-3-4-9-19-10-6-8-16-13(17)12(15-14(16)18)7-5-11-20-2/h12H,3-11H2,1-2H3,(H,15,18)/t12-/m0/s1. The minimum absolute atomic E-state index is 0.0790. The fraction of sp³-hybridized carbons (Fsp3) is 0.857. The lowest BCUT2D eigenvalue weighted by Gasteiger charge is -2.13. The zero-order chi connectivity index (χ0) is 14.8. The average Bonchev–Trinajstić information content (AvgIpc) is 2.70. The Bertz CT molecular complexity index is 313. The van der Waals surface area contributed by atoms with E-state index in [0.717, 1.165) is 38.0 Å². The van der Waals surface area contributed by atoms with Crippen LogP contribution in [0.4, 0.5) is 4.79 Å². The normalized spacial score (nSPS) is 18.7. The fourth-order valence-electron chi connectivity index (χ4n) is 2.09. The third kappa shape index (κ3) is 5.71. The molecule has 0 aromatic rings. The molecule has 0 bridgehead atoms. The third-order valence-corrected chi connectivity index (χ3v) is 3.96. The van der Waals surface area contributed by atoms with Crippen molar-refractivity contribution in [1.82, 2.24) is 10.2 Å². The van der Waals surface area contributed by atoms with Gasteiger partial charge in [-0.15, -0.1) is 0 Å². The monoisotopic (exact) mass is 302 g/mol. The van der Waals surface area contributed by atoms with E-state index in [1.54, 1.807) is 11.8 Å². The molecule has 0 aromatic heterocycles. The zero-order valence-corrected chi connectivity index (χ0v) is 13.3. The number of imide groups is 1. The number of carbonyl (C=O) groups is 2. The summed E-state index contributed by atoms with van der Waals surface area (Å²) >= 11 is 1.76. The molecule has 0 spiro atoms. The van der Waals surface area contributed by atoms with Crippen molar-refractivity contribution >= 4 is 23.7 Å². The highest BCUT2D eigenvalue weighted by atomic mass is 32.2. The largest absolute Gasteiger partial charge is 0.381 e. The van der Waals surface area contributed by atoms with E-state index in [9.17, 15) is 9.59 Å². The van der Waals surface area contributed by atoms with Crippen LogP contribution in [0.3, 0.4) is 0 Å². The Balaban J connectivity index is 2.21. The lowest BCUT2D eigenvalue weighted by Crippen LogP contribution is -2.33. The van der Waals surface area contributed by atoms with Crippen LogP contribution >= 0.6 is 11.8 Å². The Morgan fingerprint density at radius 3 is 2.70 bits per heavy atom. The van der Waals surface area contributed by atoms with Gasteiger partial charge >= 0.3 is 6.03 Å². The van der Waals surface area contributed by atoms with Crippen molar-refractivity contribution in [2.45, 2.75) is 45.1 Å². The number of ether oxygens (including phenoxy) is 1. The van der Waals surface area contributed by atoms with Crippen molar-refractivity contribution in [3.8, 4) is 0 Å². The second-order valence-corrected chi connectivity index (χ2v) is 5.93. The molecule has 1 aliphatic heterocycles. The van der Waals surface area contributed by atoms with Crippen LogP contribution in [0.25, 0.3) is 0 Å². The maximum absolute atomic E-state index is 12.1. The third-order valence-electron chi connectivity index (χ3n) is 3.26. The molecule has 6 heteroatoms. The van der Waals surface area contributed by atoms with Crippen LogP contribution in [0, 0.1) is 0 Å². The molecule has 0 aliphatic carbocycles. The molecule has 0 unspecified atom stereocenters. The molecule has 1 rings (SSSR count). The van der Waals surface area contributed by atoms with Crippen molar-refractivity contribution < 1.29 is 14.3 Å². The van der Waals surface area contributed by atoms with E-state index in [2.05, 4.69) is 12.2 Å². The summed E-state index contributed by atoms with van der Waals surface area (Å²) in [5.41, 5.74) is 0. The van der Waals surface area contributed by atoms with Gasteiger partial charge in [-0.25, -0.2) is 4.79 Å². The van der Waals surface area contributed by atoms with Crippen LogP contribution in [0.15, 0.2) is 0 Å². The van der Waals surface area contributed by atoms with Gasteiger partial charge in [0.15, 0.2) is 0 Å². The van der Waals surface area contributed by atoms with E-state index in [1.807, 2.05) is 6.26 Å². The van der Waals surface area contributed by atoms with Gasteiger partial charge in [-0.1, -0.05) is 13.3 Å². The van der Waals surface area contributed by atoms with Gasteiger partial charge < -0.3 is 10.1 Å². The van der Waals surface area contributed by atoms with Crippen molar-refractivity contribution in [3.05, 3.63) is 0 Å². The summed E-state index contributed by atoms with van der Waals surface area (Å²) in [6.07, 6.45) is 6.60. The van der Waals surface area contributed by atoms with E-state index in [0.29, 0.717) is 19.6 Å². The summed E-state index contributed by atoms with van der Waals surface area (Å²) in [7, 11) is 0. The van der Waals surface area contributed by atoms with Crippen LogP contribution in [-0.4, -0.2) is 54.6 Å². The number of rotatable bonds is 11. The first-order valence-electron chi connectivity index (χ1n) is 7.39. The molecular formula is C14H26N2O3S. The van der Waals surface area contributed by atoms with E-state index in [-0.39, 0.29) is 18.0 Å². The predicted octanol–water partition coefficient (Wildman–Crippen LogP) is 2.26. The molecule has 20 heavy (non-hydrogen) atoms. The first-order chi connectivity index (χ1) is 9.70. The Labute approximate surface area is 125 Å². The lowest BCUT2D eigenvalue weighted by atomic mass is 10.1. The van der Waals surface area contributed by atoms with Crippen LogP contribution in [0.5, 0.6) is 0 Å². The van der Waals surface area contributed by atoms with Gasteiger partial charge in [0.2, 0.25) is 0 Å². The molecule has 1 atom stereocenters. The SMILES string of the molecule is CCCCOCCCN1C(=O)N[C@@H](CCCSC)C1=O. The topological polar surface area (TPSA) is 58.6 Å². The Morgan fingerprint density at radius 2 is 2.00 bits per heavy atom. The molecule has 1 heterocycles. The van der Waals surface area contributed by atoms with Gasteiger partial charge in [0.25, 0.3) is 5.91 Å². The van der Waals surface area contributed by atoms with E-state index < -0.39 is 0 Å². The molecule has 1 fully saturated rings. The minimum atomic E-state index is -0.323. The molecule has 0 aromatic carbocycles. The molecule has 0 saturated carbocycles. The number of hydrogen-bond acceptors (Lipinski definition) is 4. The Kier molecular flexibility index (Phi) is 8.69. The highest BCUT2D eigenvalue weighted by Gasteiger charge is 2.36. The van der Waals surface area contributed by atoms with Crippen LogP contribution in [0.2, 0.25) is 0 Å². The highest BCUT2D eigenvalue weighted by molar-refractivity contribution is 7.98. The van der Waals surface area contributed by atoms with Gasteiger partial charge in [0.1, 0.15) is 6.04 Å². The maximum Gasteiger partial charge on any atom is 0.324 e. The van der Waals surface area contributed by atoms with Gasteiger partial charge in [0, 0.05) is 19.8 Å². The number of urea groups is 1.